The SMILES string of the molecule is CC1(n2cnnn2)CCCCN1CCOc1ccc(Cc2ccccc2)cc1. The standard InChI is InChI=1S/C22H27N5O/c1-22(27-18-23-24-25-27)13-5-6-14-26(22)15-16-28-21-11-9-20(10-12-21)17-19-7-3-2-4-8-19/h2-4,7-12,18H,5-6,13-17H2,1H3. The third-order valence-corrected chi connectivity index (χ3v) is 5.66. The fourth-order valence-corrected chi connectivity index (χ4v) is 3.96. The molecule has 6 heteroatoms. The Morgan fingerprint density at radius 3 is 2.54 bits per heavy atom. The van der Waals surface area contributed by atoms with Crippen LogP contribution in [0.25, 0.3) is 0 Å². The largest absolute Gasteiger partial charge is 0.492 e. The lowest BCUT2D eigenvalue weighted by Crippen LogP contribution is -2.53. The quantitative estimate of drug-likeness (QED) is 0.631. The van der Waals surface area contributed by atoms with E-state index in [-0.39, 0.29) is 5.66 Å². The molecule has 0 spiro atoms. The summed E-state index contributed by atoms with van der Waals surface area (Å²) in [6.45, 7) is 4.74. The number of tetrazole rings is 1. The molecule has 1 unspecified atom stereocenters. The Labute approximate surface area is 166 Å². The Morgan fingerprint density at radius 1 is 1.00 bits per heavy atom. The van der Waals surface area contributed by atoms with E-state index in [0.29, 0.717) is 6.61 Å². The van der Waals surface area contributed by atoms with Crippen molar-refractivity contribution in [3.8, 4) is 5.75 Å². The molecule has 1 aliphatic rings. The number of benzene rings is 2. The molecule has 1 saturated heterocycles. The molecule has 4 rings (SSSR count). The van der Waals surface area contributed by atoms with Gasteiger partial charge in [0.2, 0.25) is 0 Å². The van der Waals surface area contributed by atoms with Crippen molar-refractivity contribution in [3.63, 3.8) is 0 Å². The normalized spacial score (nSPS) is 20.2. The first kappa shape index (κ1) is 18.6. The molecule has 1 aromatic heterocycles. The van der Waals surface area contributed by atoms with Crippen molar-refractivity contribution in [2.24, 2.45) is 0 Å². The highest BCUT2D eigenvalue weighted by atomic mass is 16.5. The summed E-state index contributed by atoms with van der Waals surface area (Å²) in [7, 11) is 0. The molecule has 2 heterocycles. The van der Waals surface area contributed by atoms with Crippen molar-refractivity contribution in [2.75, 3.05) is 19.7 Å². The Morgan fingerprint density at radius 2 is 1.79 bits per heavy atom. The molecule has 146 valence electrons. The smallest absolute Gasteiger partial charge is 0.140 e. The first-order valence-corrected chi connectivity index (χ1v) is 9.98. The van der Waals surface area contributed by atoms with E-state index in [1.165, 1.54) is 24.0 Å². The van der Waals surface area contributed by atoms with Crippen LogP contribution in [0, 0.1) is 0 Å². The minimum absolute atomic E-state index is 0.176. The molecule has 1 atom stereocenters. The second kappa shape index (κ2) is 8.52. The fourth-order valence-electron chi connectivity index (χ4n) is 3.96. The molecule has 3 aromatic rings. The molecule has 0 bridgehead atoms. The van der Waals surface area contributed by atoms with Crippen LogP contribution in [0.5, 0.6) is 5.75 Å². The minimum atomic E-state index is -0.176. The average molecular weight is 377 g/mol. The topological polar surface area (TPSA) is 56.1 Å². The van der Waals surface area contributed by atoms with Gasteiger partial charge in [-0.15, -0.1) is 5.10 Å². The maximum Gasteiger partial charge on any atom is 0.140 e. The number of likely N-dealkylation sites (tertiary alicyclic amines) is 1. The van der Waals surface area contributed by atoms with Crippen LogP contribution >= 0.6 is 0 Å². The number of hydrogen-bond acceptors (Lipinski definition) is 5. The highest BCUT2D eigenvalue weighted by Gasteiger charge is 2.36. The summed E-state index contributed by atoms with van der Waals surface area (Å²) in [5, 5.41) is 11.8. The summed E-state index contributed by atoms with van der Waals surface area (Å²) in [6.07, 6.45) is 6.10. The van der Waals surface area contributed by atoms with Crippen LogP contribution < -0.4 is 4.74 Å². The van der Waals surface area contributed by atoms with Gasteiger partial charge in [-0.05, 0) is 66.3 Å². The van der Waals surface area contributed by atoms with Crippen LogP contribution in [0.1, 0.15) is 37.3 Å². The molecule has 0 N–H and O–H groups in total. The van der Waals surface area contributed by atoms with E-state index in [0.717, 1.165) is 31.7 Å². The van der Waals surface area contributed by atoms with E-state index in [2.05, 4.69) is 75.9 Å². The molecule has 28 heavy (non-hydrogen) atoms. The Balaban J connectivity index is 1.32. The molecular weight excluding hydrogens is 350 g/mol. The third kappa shape index (κ3) is 4.22. The van der Waals surface area contributed by atoms with Gasteiger partial charge in [0, 0.05) is 13.1 Å². The number of hydrogen-bond donors (Lipinski definition) is 0. The van der Waals surface area contributed by atoms with Gasteiger partial charge in [-0.25, -0.2) is 4.68 Å². The van der Waals surface area contributed by atoms with Crippen LogP contribution in [0.2, 0.25) is 0 Å². The lowest BCUT2D eigenvalue weighted by molar-refractivity contribution is -0.0216. The Bertz CT molecular complexity index is 850. The van der Waals surface area contributed by atoms with Crippen LogP contribution in [-0.2, 0) is 12.1 Å². The first-order valence-electron chi connectivity index (χ1n) is 9.98. The highest BCUT2D eigenvalue weighted by molar-refractivity contribution is 5.31. The number of aromatic nitrogens is 4. The van der Waals surface area contributed by atoms with Gasteiger partial charge in [-0.2, -0.15) is 0 Å². The zero-order valence-corrected chi connectivity index (χ0v) is 16.4. The number of piperidine rings is 1. The predicted octanol–water partition coefficient (Wildman–Crippen LogP) is 3.50. The van der Waals surface area contributed by atoms with Crippen molar-refractivity contribution < 1.29 is 4.74 Å². The maximum absolute atomic E-state index is 6.02. The van der Waals surface area contributed by atoms with Gasteiger partial charge in [-0.3, -0.25) is 4.90 Å². The number of nitrogens with zero attached hydrogens (tertiary/aromatic N) is 5. The second-order valence-corrected chi connectivity index (χ2v) is 7.57. The molecular formula is C22H27N5O. The number of ether oxygens (including phenoxy) is 1. The summed E-state index contributed by atoms with van der Waals surface area (Å²) in [5.74, 6) is 0.915. The van der Waals surface area contributed by atoms with Gasteiger partial charge < -0.3 is 4.74 Å². The molecule has 0 amide bonds. The van der Waals surface area contributed by atoms with Crippen LogP contribution in [-0.4, -0.2) is 44.8 Å². The van der Waals surface area contributed by atoms with Crippen LogP contribution in [0.3, 0.4) is 0 Å². The Kier molecular flexibility index (Phi) is 5.67. The van der Waals surface area contributed by atoms with Crippen molar-refractivity contribution in [1.82, 2.24) is 25.1 Å². The van der Waals surface area contributed by atoms with Gasteiger partial charge >= 0.3 is 0 Å². The summed E-state index contributed by atoms with van der Waals surface area (Å²) >= 11 is 0. The lowest BCUT2D eigenvalue weighted by atomic mass is 9.97. The van der Waals surface area contributed by atoms with Crippen molar-refractivity contribution >= 4 is 0 Å². The molecule has 0 saturated carbocycles. The third-order valence-electron chi connectivity index (χ3n) is 5.66. The maximum atomic E-state index is 6.02. The van der Waals surface area contributed by atoms with E-state index < -0.39 is 0 Å². The van der Waals surface area contributed by atoms with Crippen molar-refractivity contribution in [1.29, 1.82) is 0 Å². The molecule has 0 aliphatic carbocycles. The predicted molar refractivity (Wildman–Crippen MR) is 108 cm³/mol. The second-order valence-electron chi connectivity index (χ2n) is 7.57. The van der Waals surface area contributed by atoms with Crippen LogP contribution in [0.4, 0.5) is 0 Å². The fraction of sp³-hybridized carbons (Fsp3) is 0.409. The van der Waals surface area contributed by atoms with E-state index in [1.807, 2.05) is 10.7 Å². The zero-order valence-electron chi connectivity index (χ0n) is 16.4. The molecule has 2 aromatic carbocycles. The van der Waals surface area contributed by atoms with E-state index >= 15 is 0 Å². The van der Waals surface area contributed by atoms with Gasteiger partial charge in [0.05, 0.1) is 0 Å². The molecule has 1 aliphatic heterocycles. The highest BCUT2D eigenvalue weighted by Crippen LogP contribution is 2.31. The number of rotatable bonds is 7. The summed E-state index contributed by atoms with van der Waals surface area (Å²) in [5.41, 5.74) is 2.44. The lowest BCUT2D eigenvalue weighted by Gasteiger charge is -2.44. The van der Waals surface area contributed by atoms with E-state index in [1.54, 1.807) is 6.33 Å². The van der Waals surface area contributed by atoms with Gasteiger partial charge in [0.15, 0.2) is 0 Å². The Hall–Kier alpha value is -2.73. The van der Waals surface area contributed by atoms with Gasteiger partial charge in [0.1, 0.15) is 24.3 Å². The first-order chi connectivity index (χ1) is 13.7. The van der Waals surface area contributed by atoms with Gasteiger partial charge in [0.25, 0.3) is 0 Å². The van der Waals surface area contributed by atoms with Crippen LogP contribution in [0.15, 0.2) is 60.9 Å². The van der Waals surface area contributed by atoms with Gasteiger partial charge in [-0.1, -0.05) is 42.5 Å². The monoisotopic (exact) mass is 377 g/mol. The van der Waals surface area contributed by atoms with Crippen molar-refractivity contribution in [3.05, 3.63) is 72.1 Å². The summed E-state index contributed by atoms with van der Waals surface area (Å²) < 4.78 is 7.90. The van der Waals surface area contributed by atoms with E-state index in [4.69, 9.17) is 4.74 Å². The average Bonchev–Trinajstić information content (AvgIpc) is 3.27. The minimum Gasteiger partial charge on any atom is -0.492 e. The molecule has 1 fully saturated rings. The van der Waals surface area contributed by atoms with Crippen molar-refractivity contribution in [2.45, 2.75) is 38.3 Å². The van der Waals surface area contributed by atoms with E-state index in [9.17, 15) is 0 Å². The zero-order chi connectivity index (χ0) is 19.2. The molecule has 0 radical (unpaired) electrons. The molecule has 6 nitrogen and oxygen atoms in total. The summed E-state index contributed by atoms with van der Waals surface area (Å²) in [4.78, 5) is 2.43. The summed E-state index contributed by atoms with van der Waals surface area (Å²) in [6, 6.07) is 18.9.